The van der Waals surface area contributed by atoms with Crippen LogP contribution in [0.15, 0.2) is 18.2 Å². The monoisotopic (exact) mass is 299 g/mol. The van der Waals surface area contributed by atoms with E-state index in [1.165, 1.54) is 49.9 Å². The fraction of sp³-hybridized carbons (Fsp3) is 0.700. The van der Waals surface area contributed by atoms with Crippen LogP contribution in [0.25, 0.3) is 0 Å². The lowest BCUT2D eigenvalue weighted by Gasteiger charge is -2.62. The van der Waals surface area contributed by atoms with Crippen molar-refractivity contribution in [3.8, 4) is 5.75 Å². The van der Waals surface area contributed by atoms with E-state index in [1.807, 2.05) is 6.07 Å². The van der Waals surface area contributed by atoms with E-state index in [1.54, 1.807) is 0 Å². The van der Waals surface area contributed by atoms with Crippen LogP contribution in [0.4, 0.5) is 0 Å². The van der Waals surface area contributed by atoms with Gasteiger partial charge in [0.15, 0.2) is 0 Å². The number of hydrogen-bond donors (Lipinski definition) is 1. The lowest BCUT2D eigenvalue weighted by Crippen LogP contribution is -2.64. The van der Waals surface area contributed by atoms with Crippen molar-refractivity contribution in [3.05, 3.63) is 29.3 Å². The van der Waals surface area contributed by atoms with Crippen molar-refractivity contribution in [1.82, 2.24) is 4.90 Å². The van der Waals surface area contributed by atoms with Crippen LogP contribution in [0.2, 0.25) is 0 Å². The van der Waals surface area contributed by atoms with Gasteiger partial charge in [0, 0.05) is 18.0 Å². The highest BCUT2D eigenvalue weighted by atomic mass is 16.3. The summed E-state index contributed by atoms with van der Waals surface area (Å²) in [6.45, 7) is 9.84. The van der Waals surface area contributed by atoms with Gasteiger partial charge in [-0.05, 0) is 73.2 Å². The first-order valence-corrected chi connectivity index (χ1v) is 9.04. The number of benzene rings is 1. The van der Waals surface area contributed by atoms with E-state index in [0.29, 0.717) is 11.8 Å². The zero-order chi connectivity index (χ0) is 15.5. The summed E-state index contributed by atoms with van der Waals surface area (Å²) in [4.78, 5) is 2.79. The summed E-state index contributed by atoms with van der Waals surface area (Å²) in [6.07, 6.45) is 6.43. The fourth-order valence-electron chi connectivity index (χ4n) is 5.52. The van der Waals surface area contributed by atoms with Crippen molar-refractivity contribution in [2.24, 2.45) is 11.3 Å². The molecular weight excluding hydrogens is 270 g/mol. The molecular formula is C20H29NO. The van der Waals surface area contributed by atoms with Gasteiger partial charge < -0.3 is 5.11 Å². The van der Waals surface area contributed by atoms with E-state index >= 15 is 0 Å². The highest BCUT2D eigenvalue weighted by Crippen LogP contribution is 2.58. The summed E-state index contributed by atoms with van der Waals surface area (Å²) >= 11 is 0. The Kier molecular flexibility index (Phi) is 3.14. The standard InChI is InChI=1S/C20H29NO/c1-4-20-9-10-21(13-14-5-6-14)18(19(20,2)3)11-15-7-8-16(22)12-17(15)20/h7-8,12,14,18,22H,4-6,9-11,13H2,1-3H3. The number of phenolic OH excluding ortho intramolecular Hbond substituents is 1. The molecule has 120 valence electrons. The van der Waals surface area contributed by atoms with Crippen LogP contribution < -0.4 is 0 Å². The Morgan fingerprint density at radius 3 is 2.73 bits per heavy atom. The highest BCUT2D eigenvalue weighted by molar-refractivity contribution is 5.46. The lowest BCUT2D eigenvalue weighted by molar-refractivity contribution is -0.0499. The summed E-state index contributed by atoms with van der Waals surface area (Å²) in [5.41, 5.74) is 3.41. The summed E-state index contributed by atoms with van der Waals surface area (Å²) < 4.78 is 0. The van der Waals surface area contributed by atoms with Crippen molar-refractivity contribution in [2.45, 2.75) is 64.3 Å². The molecule has 0 amide bonds. The van der Waals surface area contributed by atoms with Crippen molar-refractivity contribution in [3.63, 3.8) is 0 Å². The third-order valence-corrected chi connectivity index (χ3v) is 7.15. The van der Waals surface area contributed by atoms with Crippen LogP contribution in [-0.4, -0.2) is 29.1 Å². The van der Waals surface area contributed by atoms with Crippen LogP contribution in [0.3, 0.4) is 0 Å². The Bertz CT molecular complexity index is 589. The molecule has 1 saturated heterocycles. The van der Waals surface area contributed by atoms with Crippen LogP contribution in [-0.2, 0) is 11.8 Å². The maximum Gasteiger partial charge on any atom is 0.115 e. The van der Waals surface area contributed by atoms with Gasteiger partial charge in [0.2, 0.25) is 0 Å². The number of nitrogens with zero attached hydrogens (tertiary/aromatic N) is 1. The van der Waals surface area contributed by atoms with Gasteiger partial charge in [0.1, 0.15) is 5.75 Å². The molecule has 22 heavy (non-hydrogen) atoms. The summed E-state index contributed by atoms with van der Waals surface area (Å²) in [5.74, 6) is 1.40. The molecule has 1 saturated carbocycles. The van der Waals surface area contributed by atoms with Crippen LogP contribution >= 0.6 is 0 Å². The first-order valence-electron chi connectivity index (χ1n) is 9.04. The Morgan fingerprint density at radius 1 is 1.27 bits per heavy atom. The predicted molar refractivity (Wildman–Crippen MR) is 90.3 cm³/mol. The first kappa shape index (κ1) is 14.6. The molecule has 2 heteroatoms. The maximum atomic E-state index is 10.0. The average molecular weight is 299 g/mol. The predicted octanol–water partition coefficient (Wildman–Crippen LogP) is 4.11. The molecule has 1 heterocycles. The van der Waals surface area contributed by atoms with Crippen LogP contribution in [0.5, 0.6) is 5.75 Å². The number of likely N-dealkylation sites (tertiary alicyclic amines) is 1. The molecule has 1 N–H and O–H groups in total. The number of piperidine rings is 1. The molecule has 0 spiro atoms. The van der Waals surface area contributed by atoms with Gasteiger partial charge in [0.05, 0.1) is 0 Å². The molecule has 1 aromatic rings. The van der Waals surface area contributed by atoms with Crippen LogP contribution in [0, 0.1) is 11.3 Å². The summed E-state index contributed by atoms with van der Waals surface area (Å²) in [6, 6.07) is 6.77. The molecule has 0 aromatic heterocycles. The normalized spacial score (nSPS) is 33.5. The molecule has 1 aromatic carbocycles. The molecule has 0 radical (unpaired) electrons. The van der Waals surface area contributed by atoms with Gasteiger partial charge >= 0.3 is 0 Å². The van der Waals surface area contributed by atoms with Crippen molar-refractivity contribution in [2.75, 3.05) is 13.1 Å². The molecule has 2 aliphatic carbocycles. The van der Waals surface area contributed by atoms with E-state index in [4.69, 9.17) is 0 Å². The Balaban J connectivity index is 1.80. The van der Waals surface area contributed by atoms with E-state index in [-0.39, 0.29) is 10.8 Å². The zero-order valence-electron chi connectivity index (χ0n) is 14.2. The number of hydrogen-bond acceptors (Lipinski definition) is 2. The molecule has 1 aliphatic heterocycles. The second-order valence-corrected chi connectivity index (χ2v) is 8.41. The van der Waals surface area contributed by atoms with Crippen LogP contribution in [0.1, 0.15) is 57.6 Å². The topological polar surface area (TPSA) is 23.5 Å². The number of aromatic hydroxyl groups is 1. The summed E-state index contributed by atoms with van der Waals surface area (Å²) in [5, 5.41) is 10.0. The van der Waals surface area contributed by atoms with Crippen molar-refractivity contribution < 1.29 is 5.11 Å². The van der Waals surface area contributed by atoms with Crippen molar-refractivity contribution >= 4 is 0 Å². The highest BCUT2D eigenvalue weighted by Gasteiger charge is 2.57. The minimum absolute atomic E-state index is 0.226. The fourth-order valence-corrected chi connectivity index (χ4v) is 5.52. The first-order chi connectivity index (χ1) is 10.5. The smallest absolute Gasteiger partial charge is 0.115 e. The van der Waals surface area contributed by atoms with Gasteiger partial charge in [-0.25, -0.2) is 0 Å². The van der Waals surface area contributed by atoms with E-state index in [0.717, 1.165) is 12.3 Å². The minimum atomic E-state index is 0.226. The zero-order valence-corrected chi connectivity index (χ0v) is 14.2. The molecule has 2 fully saturated rings. The molecule has 2 nitrogen and oxygen atoms in total. The van der Waals surface area contributed by atoms with E-state index in [2.05, 4.69) is 37.8 Å². The lowest BCUT2D eigenvalue weighted by atomic mass is 9.49. The Morgan fingerprint density at radius 2 is 2.05 bits per heavy atom. The molecule has 2 bridgehead atoms. The Labute approximate surface area is 134 Å². The van der Waals surface area contributed by atoms with Gasteiger partial charge in [-0.2, -0.15) is 0 Å². The molecule has 2 atom stereocenters. The van der Waals surface area contributed by atoms with Gasteiger partial charge in [-0.1, -0.05) is 26.8 Å². The van der Waals surface area contributed by atoms with Gasteiger partial charge in [-0.3, -0.25) is 4.90 Å². The molecule has 3 aliphatic rings. The number of rotatable bonds is 3. The quantitative estimate of drug-likeness (QED) is 0.908. The second-order valence-electron chi connectivity index (χ2n) is 8.41. The molecule has 2 unspecified atom stereocenters. The van der Waals surface area contributed by atoms with E-state index in [9.17, 15) is 5.11 Å². The van der Waals surface area contributed by atoms with Gasteiger partial charge in [-0.15, -0.1) is 0 Å². The molecule has 4 rings (SSSR count). The van der Waals surface area contributed by atoms with E-state index < -0.39 is 0 Å². The largest absolute Gasteiger partial charge is 0.508 e. The summed E-state index contributed by atoms with van der Waals surface area (Å²) in [7, 11) is 0. The SMILES string of the molecule is CCC12CCN(CC3CC3)C(Cc3ccc(O)cc31)C2(C)C. The minimum Gasteiger partial charge on any atom is -0.508 e. The van der Waals surface area contributed by atoms with Gasteiger partial charge in [0.25, 0.3) is 0 Å². The maximum absolute atomic E-state index is 10.0. The number of fused-ring (bicyclic) bond motifs is 4. The third-order valence-electron chi connectivity index (χ3n) is 7.15. The van der Waals surface area contributed by atoms with Crippen molar-refractivity contribution in [1.29, 1.82) is 0 Å². The number of phenols is 1. The Hall–Kier alpha value is -1.02. The third kappa shape index (κ3) is 1.89. The second kappa shape index (κ2) is 4.74. The average Bonchev–Trinajstić information content (AvgIpc) is 3.27.